The molecule has 2 atom stereocenters. The summed E-state index contributed by atoms with van der Waals surface area (Å²) in [5, 5.41) is 0. The number of carbonyl (C=O) groups excluding carboxylic acids is 1. The normalized spacial score (nSPS) is 14.3. The minimum atomic E-state index is -4.84. The van der Waals surface area contributed by atoms with Crippen molar-refractivity contribution in [2.75, 3.05) is 13.2 Å². The highest BCUT2D eigenvalue weighted by molar-refractivity contribution is 5.91. The monoisotopic (exact) mass is 326 g/mol. The molecule has 0 unspecified atom stereocenters. The molecule has 0 amide bonds. The van der Waals surface area contributed by atoms with Crippen molar-refractivity contribution in [2.45, 2.75) is 32.4 Å². The smallest absolute Gasteiger partial charge is 0.417 e. The third kappa shape index (κ3) is 5.50. The van der Waals surface area contributed by atoms with Crippen LogP contribution < -0.4 is 4.74 Å². The van der Waals surface area contributed by atoms with Crippen molar-refractivity contribution in [3.63, 3.8) is 0 Å². The number of halogens is 5. The summed E-state index contributed by atoms with van der Waals surface area (Å²) in [7, 11) is 0. The number of ether oxygens (including phenoxy) is 2. The van der Waals surface area contributed by atoms with Crippen LogP contribution in [-0.2, 0) is 10.9 Å². The van der Waals surface area contributed by atoms with E-state index in [-0.39, 0.29) is 5.75 Å². The fourth-order valence-electron chi connectivity index (χ4n) is 1.51. The van der Waals surface area contributed by atoms with Gasteiger partial charge in [0.15, 0.2) is 0 Å². The zero-order chi connectivity index (χ0) is 16.9. The Morgan fingerprint density at radius 1 is 1.14 bits per heavy atom. The lowest BCUT2D eigenvalue weighted by Gasteiger charge is -2.15. The average Bonchev–Trinajstić information content (AvgIpc) is 2.41. The summed E-state index contributed by atoms with van der Waals surface area (Å²) < 4.78 is 73.5. The van der Waals surface area contributed by atoms with Crippen LogP contribution >= 0.6 is 0 Å². The molecule has 0 aliphatic carbocycles. The number of benzene rings is 1. The fraction of sp³-hybridized carbons (Fsp3) is 0.500. The standard InChI is InChI=1S/C14H15F5O3/c1-8(15)6-21-10-3-4-11(12(5-10)14(17,18)19)13(20)22-7-9(2)16/h3-5,8-9H,6-7H2,1-2H3/t8-,9-/m1/s1. The molecule has 1 aromatic carbocycles. The number of carbonyl (C=O) groups is 1. The minimum absolute atomic E-state index is 0.229. The first-order valence-electron chi connectivity index (χ1n) is 6.40. The van der Waals surface area contributed by atoms with Gasteiger partial charge in [0.1, 0.15) is 31.3 Å². The van der Waals surface area contributed by atoms with Gasteiger partial charge < -0.3 is 9.47 Å². The Bertz CT molecular complexity index is 512. The molecule has 0 bridgehead atoms. The molecule has 0 spiro atoms. The van der Waals surface area contributed by atoms with Crippen LogP contribution in [0.5, 0.6) is 5.75 Å². The molecule has 0 heterocycles. The summed E-state index contributed by atoms with van der Waals surface area (Å²) in [5.41, 5.74) is -2.04. The van der Waals surface area contributed by atoms with Crippen LogP contribution in [0.4, 0.5) is 22.0 Å². The average molecular weight is 326 g/mol. The molecule has 0 aromatic heterocycles. The second-order valence-electron chi connectivity index (χ2n) is 4.68. The highest BCUT2D eigenvalue weighted by Gasteiger charge is 2.36. The van der Waals surface area contributed by atoms with E-state index in [4.69, 9.17) is 4.74 Å². The first-order chi connectivity index (χ1) is 10.1. The number of esters is 1. The first kappa shape index (κ1) is 18.2. The van der Waals surface area contributed by atoms with E-state index >= 15 is 0 Å². The van der Waals surface area contributed by atoms with E-state index in [1.807, 2.05) is 0 Å². The van der Waals surface area contributed by atoms with Gasteiger partial charge in [0.25, 0.3) is 0 Å². The van der Waals surface area contributed by atoms with E-state index in [1.54, 1.807) is 0 Å². The lowest BCUT2D eigenvalue weighted by Crippen LogP contribution is -2.18. The molecule has 8 heteroatoms. The van der Waals surface area contributed by atoms with E-state index in [1.165, 1.54) is 6.92 Å². The number of rotatable bonds is 6. The third-order valence-corrected chi connectivity index (χ3v) is 2.44. The van der Waals surface area contributed by atoms with Crippen molar-refractivity contribution in [3.8, 4) is 5.75 Å². The topological polar surface area (TPSA) is 35.5 Å². The van der Waals surface area contributed by atoms with E-state index < -0.39 is 48.8 Å². The highest BCUT2D eigenvalue weighted by Crippen LogP contribution is 2.35. The Balaban J connectivity index is 3.04. The van der Waals surface area contributed by atoms with Gasteiger partial charge in [-0.25, -0.2) is 13.6 Å². The van der Waals surface area contributed by atoms with Crippen molar-refractivity contribution < 1.29 is 36.2 Å². The molecule has 1 rings (SSSR count). The lowest BCUT2D eigenvalue weighted by molar-refractivity contribution is -0.138. The molecular weight excluding hydrogens is 311 g/mol. The van der Waals surface area contributed by atoms with Gasteiger partial charge in [0.05, 0.1) is 11.1 Å². The van der Waals surface area contributed by atoms with Crippen LogP contribution in [0, 0.1) is 0 Å². The molecule has 0 saturated heterocycles. The summed E-state index contributed by atoms with van der Waals surface area (Å²) in [4.78, 5) is 11.6. The van der Waals surface area contributed by atoms with Crippen LogP contribution in [0.25, 0.3) is 0 Å². The van der Waals surface area contributed by atoms with Gasteiger partial charge >= 0.3 is 12.1 Å². The molecule has 0 aliphatic heterocycles. The molecule has 0 aliphatic rings. The van der Waals surface area contributed by atoms with Gasteiger partial charge in [0.2, 0.25) is 0 Å². The maximum Gasteiger partial charge on any atom is 0.417 e. The predicted octanol–water partition coefficient (Wildman–Crippen LogP) is 3.96. The third-order valence-electron chi connectivity index (χ3n) is 2.44. The second-order valence-corrected chi connectivity index (χ2v) is 4.68. The quantitative estimate of drug-likeness (QED) is 0.586. The Morgan fingerprint density at radius 2 is 1.73 bits per heavy atom. The second kappa shape index (κ2) is 7.42. The Kier molecular flexibility index (Phi) is 6.13. The zero-order valence-corrected chi connectivity index (χ0v) is 11.9. The summed E-state index contributed by atoms with van der Waals surface area (Å²) in [6.07, 6.45) is -7.69. The Morgan fingerprint density at radius 3 is 2.23 bits per heavy atom. The van der Waals surface area contributed by atoms with Crippen molar-refractivity contribution in [2.24, 2.45) is 0 Å². The van der Waals surface area contributed by atoms with Crippen LogP contribution in [0.3, 0.4) is 0 Å². The fourth-order valence-corrected chi connectivity index (χ4v) is 1.51. The SMILES string of the molecule is C[C@@H](F)COC(=O)c1ccc(OC[C@@H](C)F)cc1C(F)(F)F. The van der Waals surface area contributed by atoms with Crippen molar-refractivity contribution in [1.82, 2.24) is 0 Å². The van der Waals surface area contributed by atoms with Crippen LogP contribution in [0.1, 0.15) is 29.8 Å². The van der Waals surface area contributed by atoms with Crippen LogP contribution in [0.15, 0.2) is 18.2 Å². The Hall–Kier alpha value is -1.86. The predicted molar refractivity (Wildman–Crippen MR) is 68.4 cm³/mol. The highest BCUT2D eigenvalue weighted by atomic mass is 19.4. The van der Waals surface area contributed by atoms with Gasteiger partial charge in [-0.05, 0) is 32.0 Å². The Labute approximate surface area is 124 Å². The van der Waals surface area contributed by atoms with Crippen LogP contribution in [0.2, 0.25) is 0 Å². The van der Waals surface area contributed by atoms with E-state index in [0.717, 1.165) is 19.1 Å². The first-order valence-corrected chi connectivity index (χ1v) is 6.40. The van der Waals surface area contributed by atoms with E-state index in [9.17, 15) is 26.7 Å². The molecule has 1 aromatic rings. The number of alkyl halides is 5. The lowest BCUT2D eigenvalue weighted by atomic mass is 10.1. The van der Waals surface area contributed by atoms with Gasteiger partial charge in [-0.3, -0.25) is 0 Å². The molecule has 124 valence electrons. The van der Waals surface area contributed by atoms with Crippen molar-refractivity contribution >= 4 is 5.97 Å². The van der Waals surface area contributed by atoms with Gasteiger partial charge in [-0.1, -0.05) is 0 Å². The van der Waals surface area contributed by atoms with E-state index in [0.29, 0.717) is 6.07 Å². The summed E-state index contributed by atoms with van der Waals surface area (Å²) >= 11 is 0. The molecule has 0 fully saturated rings. The largest absolute Gasteiger partial charge is 0.491 e. The van der Waals surface area contributed by atoms with E-state index in [2.05, 4.69) is 4.74 Å². The maximum absolute atomic E-state index is 13.0. The molecule has 0 radical (unpaired) electrons. The van der Waals surface area contributed by atoms with Crippen molar-refractivity contribution in [1.29, 1.82) is 0 Å². The molecule has 22 heavy (non-hydrogen) atoms. The van der Waals surface area contributed by atoms with Gasteiger partial charge in [-0.15, -0.1) is 0 Å². The molecule has 0 N–H and O–H groups in total. The van der Waals surface area contributed by atoms with Crippen molar-refractivity contribution in [3.05, 3.63) is 29.3 Å². The molecule has 0 saturated carbocycles. The number of hydrogen-bond donors (Lipinski definition) is 0. The molecular formula is C14H15F5O3. The summed E-state index contributed by atoms with van der Waals surface area (Å²) in [6.45, 7) is 1.23. The van der Waals surface area contributed by atoms with Gasteiger partial charge in [-0.2, -0.15) is 13.2 Å². The number of hydrogen-bond acceptors (Lipinski definition) is 3. The summed E-state index contributed by atoms with van der Waals surface area (Å²) in [5.74, 6) is -1.52. The minimum Gasteiger partial charge on any atom is -0.491 e. The zero-order valence-electron chi connectivity index (χ0n) is 11.9. The summed E-state index contributed by atoms with van der Waals surface area (Å²) in [6, 6.07) is 2.53. The molecule has 3 nitrogen and oxygen atoms in total. The van der Waals surface area contributed by atoms with Crippen LogP contribution in [-0.4, -0.2) is 31.5 Å². The van der Waals surface area contributed by atoms with Gasteiger partial charge in [0, 0.05) is 0 Å². The maximum atomic E-state index is 13.0.